The molecule has 2 rings (SSSR count). The fraction of sp³-hybridized carbons (Fsp3) is 0.450. The zero-order chi connectivity index (χ0) is 16.3. The van der Waals surface area contributed by atoms with Gasteiger partial charge in [-0.25, -0.2) is 0 Å². The van der Waals surface area contributed by atoms with Gasteiger partial charge in [-0.15, -0.1) is 6.58 Å². The predicted octanol–water partition coefficient (Wildman–Crippen LogP) is 3.68. The van der Waals surface area contributed by atoms with E-state index in [2.05, 4.69) is 35.0 Å². The molecule has 0 fully saturated rings. The van der Waals surface area contributed by atoms with E-state index in [1.54, 1.807) is 0 Å². The van der Waals surface area contributed by atoms with Crippen molar-refractivity contribution in [2.24, 2.45) is 0 Å². The van der Waals surface area contributed by atoms with Gasteiger partial charge in [0.05, 0.1) is 6.54 Å². The lowest BCUT2D eigenvalue weighted by Gasteiger charge is -2.20. The first kappa shape index (κ1) is 17.5. The highest BCUT2D eigenvalue weighted by atomic mass is 16.2. The minimum atomic E-state index is 0.0965. The van der Waals surface area contributed by atoms with Gasteiger partial charge in [0.15, 0.2) is 0 Å². The minimum absolute atomic E-state index is 0.0965. The van der Waals surface area contributed by atoms with Gasteiger partial charge in [0.1, 0.15) is 0 Å². The second kappa shape index (κ2) is 10.0. The Morgan fingerprint density at radius 1 is 1.26 bits per heavy atom. The Morgan fingerprint density at radius 2 is 2.09 bits per heavy atom. The maximum Gasteiger partial charge on any atom is 0.234 e. The lowest BCUT2D eigenvalue weighted by molar-refractivity contribution is -0.122. The zero-order valence-electron chi connectivity index (χ0n) is 14.0. The normalized spacial score (nSPS) is 14.4. The highest BCUT2D eigenvalue weighted by Crippen LogP contribution is 2.19. The molecule has 0 bridgehead atoms. The van der Waals surface area contributed by atoms with Gasteiger partial charge in [0, 0.05) is 19.6 Å². The van der Waals surface area contributed by atoms with Crippen LogP contribution >= 0.6 is 0 Å². The molecular weight excluding hydrogens is 284 g/mol. The van der Waals surface area contributed by atoms with Gasteiger partial charge in [-0.05, 0) is 37.7 Å². The van der Waals surface area contributed by atoms with Crippen LogP contribution in [0.25, 0.3) is 0 Å². The van der Waals surface area contributed by atoms with Crippen LogP contribution in [0.2, 0.25) is 0 Å². The van der Waals surface area contributed by atoms with Gasteiger partial charge in [-0.1, -0.05) is 48.1 Å². The molecule has 1 N–H and O–H groups in total. The molecule has 0 saturated carbocycles. The quantitative estimate of drug-likeness (QED) is 0.705. The topological polar surface area (TPSA) is 32.3 Å². The smallest absolute Gasteiger partial charge is 0.234 e. The minimum Gasteiger partial charge on any atom is -0.355 e. The van der Waals surface area contributed by atoms with E-state index in [1.165, 1.54) is 36.8 Å². The van der Waals surface area contributed by atoms with Gasteiger partial charge >= 0.3 is 0 Å². The average molecular weight is 312 g/mol. The van der Waals surface area contributed by atoms with E-state index < -0.39 is 0 Å². The predicted molar refractivity (Wildman–Crippen MR) is 96.1 cm³/mol. The molecule has 1 aromatic rings. The number of nitrogens with zero attached hydrogens (tertiary/aromatic N) is 1. The van der Waals surface area contributed by atoms with Crippen molar-refractivity contribution >= 4 is 5.91 Å². The standard InChI is InChI=1S/C20H28N2O/c1-2-15-22(16-19-11-7-4-8-12-19)17-20(23)21-14-13-18-9-5-3-6-10-18/h2,4,7-9,11-12H,1,3,5-6,10,13-17H2,(H,21,23). The van der Waals surface area contributed by atoms with Gasteiger partial charge in [0.2, 0.25) is 5.91 Å². The van der Waals surface area contributed by atoms with Crippen LogP contribution in [0.5, 0.6) is 0 Å². The Labute approximate surface area is 140 Å². The van der Waals surface area contributed by atoms with Crippen molar-refractivity contribution in [3.8, 4) is 0 Å². The first-order chi connectivity index (χ1) is 11.3. The van der Waals surface area contributed by atoms with Gasteiger partial charge in [-0.3, -0.25) is 9.69 Å². The Hall–Kier alpha value is -1.87. The molecule has 0 atom stereocenters. The number of rotatable bonds is 9. The monoisotopic (exact) mass is 312 g/mol. The summed E-state index contributed by atoms with van der Waals surface area (Å²) in [5.74, 6) is 0.0965. The fourth-order valence-electron chi connectivity index (χ4n) is 2.96. The molecule has 0 spiro atoms. The van der Waals surface area contributed by atoms with Crippen molar-refractivity contribution in [2.75, 3.05) is 19.6 Å². The van der Waals surface area contributed by atoms with Crippen molar-refractivity contribution in [3.05, 3.63) is 60.2 Å². The number of amides is 1. The summed E-state index contributed by atoms with van der Waals surface area (Å²) in [6.45, 7) is 6.44. The Bertz CT molecular complexity index is 522. The molecule has 1 aromatic carbocycles. The van der Waals surface area contributed by atoms with Gasteiger partial charge < -0.3 is 5.32 Å². The second-order valence-electron chi connectivity index (χ2n) is 6.15. The Kier molecular flexibility index (Phi) is 7.61. The van der Waals surface area contributed by atoms with Crippen molar-refractivity contribution in [1.82, 2.24) is 10.2 Å². The molecule has 0 heterocycles. The highest BCUT2D eigenvalue weighted by Gasteiger charge is 2.10. The summed E-state index contributed by atoms with van der Waals surface area (Å²) in [4.78, 5) is 14.3. The van der Waals surface area contributed by atoms with E-state index >= 15 is 0 Å². The molecule has 1 aliphatic carbocycles. The molecule has 0 unspecified atom stereocenters. The lowest BCUT2D eigenvalue weighted by atomic mass is 9.97. The number of allylic oxidation sites excluding steroid dienone is 1. The van der Waals surface area contributed by atoms with Crippen LogP contribution < -0.4 is 5.32 Å². The molecule has 0 radical (unpaired) electrons. The fourth-order valence-corrected chi connectivity index (χ4v) is 2.96. The Balaban J connectivity index is 1.73. The number of carbonyl (C=O) groups excluding carboxylic acids is 1. The maximum absolute atomic E-state index is 12.2. The molecule has 1 aliphatic rings. The molecular formula is C20H28N2O. The van der Waals surface area contributed by atoms with E-state index in [-0.39, 0.29) is 5.91 Å². The number of nitrogens with one attached hydrogen (secondary N) is 1. The third-order valence-electron chi connectivity index (χ3n) is 4.16. The molecule has 0 aliphatic heterocycles. The van der Waals surface area contributed by atoms with Crippen LogP contribution in [0.15, 0.2) is 54.6 Å². The highest BCUT2D eigenvalue weighted by molar-refractivity contribution is 5.78. The third kappa shape index (κ3) is 6.83. The van der Waals surface area contributed by atoms with Crippen LogP contribution in [0.4, 0.5) is 0 Å². The van der Waals surface area contributed by atoms with Gasteiger partial charge in [0.25, 0.3) is 0 Å². The van der Waals surface area contributed by atoms with Crippen molar-refractivity contribution < 1.29 is 4.79 Å². The molecule has 124 valence electrons. The molecule has 1 amide bonds. The number of benzene rings is 1. The van der Waals surface area contributed by atoms with Crippen LogP contribution in [-0.2, 0) is 11.3 Å². The van der Waals surface area contributed by atoms with Crippen molar-refractivity contribution in [3.63, 3.8) is 0 Å². The first-order valence-corrected chi connectivity index (χ1v) is 8.59. The van der Waals surface area contributed by atoms with E-state index in [1.807, 2.05) is 24.3 Å². The number of hydrogen-bond acceptors (Lipinski definition) is 2. The molecule has 3 nitrogen and oxygen atoms in total. The molecule has 0 aromatic heterocycles. The summed E-state index contributed by atoms with van der Waals surface area (Å²) in [7, 11) is 0. The maximum atomic E-state index is 12.2. The molecule has 23 heavy (non-hydrogen) atoms. The summed E-state index contributed by atoms with van der Waals surface area (Å²) >= 11 is 0. The number of carbonyl (C=O) groups is 1. The Morgan fingerprint density at radius 3 is 2.78 bits per heavy atom. The summed E-state index contributed by atoms with van der Waals surface area (Å²) in [6.07, 6.45) is 10.2. The second-order valence-corrected chi connectivity index (χ2v) is 6.15. The zero-order valence-corrected chi connectivity index (χ0v) is 14.0. The van der Waals surface area contributed by atoms with Gasteiger partial charge in [-0.2, -0.15) is 0 Å². The van der Waals surface area contributed by atoms with Crippen LogP contribution in [-0.4, -0.2) is 30.4 Å². The third-order valence-corrected chi connectivity index (χ3v) is 4.16. The lowest BCUT2D eigenvalue weighted by Crippen LogP contribution is -2.37. The number of hydrogen-bond donors (Lipinski definition) is 1. The average Bonchev–Trinajstić information content (AvgIpc) is 2.57. The van der Waals surface area contributed by atoms with E-state index in [0.717, 1.165) is 19.5 Å². The molecule has 0 saturated heterocycles. The van der Waals surface area contributed by atoms with Crippen molar-refractivity contribution in [1.29, 1.82) is 0 Å². The van der Waals surface area contributed by atoms with Crippen LogP contribution in [0.3, 0.4) is 0 Å². The summed E-state index contributed by atoms with van der Waals surface area (Å²) in [5.41, 5.74) is 2.72. The SMILES string of the molecule is C=CCN(CC(=O)NCCC1=CCCCC1)Cc1ccccc1. The summed E-state index contributed by atoms with van der Waals surface area (Å²) in [5, 5.41) is 3.05. The van der Waals surface area contributed by atoms with Crippen LogP contribution in [0.1, 0.15) is 37.7 Å². The first-order valence-electron chi connectivity index (χ1n) is 8.59. The van der Waals surface area contributed by atoms with E-state index in [4.69, 9.17) is 0 Å². The summed E-state index contributed by atoms with van der Waals surface area (Å²) in [6, 6.07) is 10.2. The van der Waals surface area contributed by atoms with E-state index in [0.29, 0.717) is 13.1 Å². The molecule has 3 heteroatoms. The van der Waals surface area contributed by atoms with Crippen molar-refractivity contribution in [2.45, 2.75) is 38.6 Å². The summed E-state index contributed by atoms with van der Waals surface area (Å²) < 4.78 is 0. The largest absolute Gasteiger partial charge is 0.355 e. The van der Waals surface area contributed by atoms with E-state index in [9.17, 15) is 4.79 Å². The van der Waals surface area contributed by atoms with Crippen LogP contribution in [0, 0.1) is 0 Å².